The van der Waals surface area contributed by atoms with E-state index in [0.717, 1.165) is 44.9 Å². The fourth-order valence-corrected chi connectivity index (χ4v) is 4.48. The second kappa shape index (κ2) is 19.1. The van der Waals surface area contributed by atoms with Crippen LogP contribution < -0.4 is 4.74 Å². The zero-order valence-corrected chi connectivity index (χ0v) is 25.8. The molecule has 0 aliphatic carbocycles. The van der Waals surface area contributed by atoms with E-state index in [1.54, 1.807) is 18.2 Å². The van der Waals surface area contributed by atoms with E-state index in [4.69, 9.17) is 14.2 Å². The van der Waals surface area contributed by atoms with Gasteiger partial charge < -0.3 is 24.4 Å². The molecule has 0 atom stereocenters. The summed E-state index contributed by atoms with van der Waals surface area (Å²) in [5, 5.41) is 21.3. The molecule has 0 saturated carbocycles. The number of allylic oxidation sites excluding steroid dienone is 4. The van der Waals surface area contributed by atoms with Crippen LogP contribution in [0.1, 0.15) is 89.5 Å². The van der Waals surface area contributed by atoms with Crippen LogP contribution in [0.5, 0.6) is 5.75 Å². The Morgan fingerprint density at radius 3 is 2.26 bits per heavy atom. The number of benzene rings is 1. The topological polar surface area (TPSA) is 110 Å². The number of aliphatic hydroxyl groups is 2. The lowest BCUT2D eigenvalue weighted by molar-refractivity contribution is -0.247. The van der Waals surface area contributed by atoms with Crippen molar-refractivity contribution in [3.8, 4) is 5.75 Å². The van der Waals surface area contributed by atoms with E-state index in [9.17, 15) is 19.8 Å². The molecule has 2 N–H and O–H groups in total. The third kappa shape index (κ3) is 12.4. The number of carbonyl (C=O) groups excluding carboxylic acids is 2. The van der Waals surface area contributed by atoms with Gasteiger partial charge in [-0.3, -0.25) is 14.3 Å². The van der Waals surface area contributed by atoms with Crippen molar-refractivity contribution in [3.63, 3.8) is 0 Å². The van der Waals surface area contributed by atoms with Gasteiger partial charge >= 0.3 is 12.1 Å². The number of nitrogens with zero attached hydrogens (tertiary/aromatic N) is 2. The van der Waals surface area contributed by atoms with Crippen molar-refractivity contribution in [2.75, 3.05) is 28.0 Å². The summed E-state index contributed by atoms with van der Waals surface area (Å²) in [7, 11) is 4.60. The standard InChI is InChI=1S/C33H50N2O7/c1-5-6-7-8-9-10-11-12-13-14-15-16-17-18-19-20-31(36)41-26-42-32(37)35-25-27(24-33(38,39)34(2)3)29-23-28(40-4)21-22-30(29)35/h9-10,12-13,21-23,25,38-39H,5-8,11,14-20,24,26H2,1-4H3/b10-9-,13-12-. The molecule has 1 aromatic heterocycles. The highest BCUT2D eigenvalue weighted by Crippen LogP contribution is 2.29. The van der Waals surface area contributed by atoms with Crippen molar-refractivity contribution >= 4 is 23.0 Å². The zero-order valence-electron chi connectivity index (χ0n) is 25.8. The van der Waals surface area contributed by atoms with Crippen LogP contribution in [0.4, 0.5) is 4.79 Å². The van der Waals surface area contributed by atoms with E-state index >= 15 is 0 Å². The van der Waals surface area contributed by atoms with Gasteiger partial charge in [-0.05, 0) is 76.4 Å². The molecule has 2 aromatic rings. The van der Waals surface area contributed by atoms with Crippen molar-refractivity contribution in [2.45, 2.75) is 96.3 Å². The molecule has 0 saturated heterocycles. The summed E-state index contributed by atoms with van der Waals surface area (Å²) in [6.07, 6.45) is 22.0. The maximum absolute atomic E-state index is 12.8. The van der Waals surface area contributed by atoms with Crippen LogP contribution >= 0.6 is 0 Å². The molecule has 1 aromatic carbocycles. The Morgan fingerprint density at radius 2 is 1.60 bits per heavy atom. The van der Waals surface area contributed by atoms with Gasteiger partial charge in [0.1, 0.15) is 5.75 Å². The predicted octanol–water partition coefficient (Wildman–Crippen LogP) is 6.69. The van der Waals surface area contributed by atoms with Crippen molar-refractivity contribution < 1.29 is 34.0 Å². The number of methoxy groups -OCH3 is 1. The molecule has 0 aliphatic rings. The number of hydrogen-bond donors (Lipinski definition) is 2. The first-order valence-electron chi connectivity index (χ1n) is 15.1. The number of esters is 1. The lowest BCUT2D eigenvalue weighted by Gasteiger charge is -2.28. The number of aromatic nitrogens is 1. The fourth-order valence-electron chi connectivity index (χ4n) is 4.48. The molecule has 0 unspecified atom stereocenters. The number of likely N-dealkylation sites (N-methyl/N-ethyl adjacent to an activating group) is 1. The van der Waals surface area contributed by atoms with E-state index in [-0.39, 0.29) is 12.8 Å². The average molecular weight is 587 g/mol. The summed E-state index contributed by atoms with van der Waals surface area (Å²) in [4.78, 5) is 26.1. The van der Waals surface area contributed by atoms with Gasteiger partial charge in [0.05, 0.1) is 12.6 Å². The number of rotatable bonds is 20. The Labute approximate surface area is 250 Å². The molecule has 234 valence electrons. The highest BCUT2D eigenvalue weighted by atomic mass is 16.7. The minimum atomic E-state index is -2.12. The van der Waals surface area contributed by atoms with Gasteiger partial charge in [-0.1, -0.05) is 63.3 Å². The highest BCUT2D eigenvalue weighted by molar-refractivity contribution is 5.93. The third-order valence-corrected chi connectivity index (χ3v) is 7.17. The summed E-state index contributed by atoms with van der Waals surface area (Å²) in [5.74, 6) is -1.97. The number of fused-ring (bicyclic) bond motifs is 1. The number of carbonyl (C=O) groups is 2. The molecule has 42 heavy (non-hydrogen) atoms. The largest absolute Gasteiger partial charge is 0.497 e. The monoisotopic (exact) mass is 586 g/mol. The van der Waals surface area contributed by atoms with Gasteiger partial charge in [0.25, 0.3) is 0 Å². The summed E-state index contributed by atoms with van der Waals surface area (Å²) in [6.45, 7) is 1.73. The lowest BCUT2D eigenvalue weighted by atomic mass is 10.1. The van der Waals surface area contributed by atoms with E-state index in [1.807, 2.05) is 0 Å². The Bertz CT molecular complexity index is 1150. The Balaban J connectivity index is 1.68. The first-order valence-corrected chi connectivity index (χ1v) is 15.1. The van der Waals surface area contributed by atoms with E-state index in [2.05, 4.69) is 31.2 Å². The summed E-state index contributed by atoms with van der Waals surface area (Å²) >= 11 is 0. The fraction of sp³-hybridized carbons (Fsp3) is 0.576. The Kier molecular flexibility index (Phi) is 16.0. The van der Waals surface area contributed by atoms with Crippen LogP contribution in [0.3, 0.4) is 0 Å². The quantitative estimate of drug-likeness (QED) is 0.0764. The number of hydrogen-bond acceptors (Lipinski definition) is 8. The molecule has 0 fully saturated rings. The second-order valence-corrected chi connectivity index (χ2v) is 10.8. The third-order valence-electron chi connectivity index (χ3n) is 7.17. The smallest absolute Gasteiger partial charge is 0.421 e. The molecule has 2 rings (SSSR count). The Hall–Kier alpha value is -3.14. The van der Waals surface area contributed by atoms with Crippen LogP contribution in [-0.2, 0) is 20.7 Å². The summed E-state index contributed by atoms with van der Waals surface area (Å²) in [6, 6.07) is 5.09. The minimum absolute atomic E-state index is 0.160. The number of ether oxygens (including phenoxy) is 3. The van der Waals surface area contributed by atoms with Crippen LogP contribution in [0.25, 0.3) is 10.9 Å². The molecule has 0 radical (unpaired) electrons. The molecule has 9 heteroatoms. The van der Waals surface area contributed by atoms with Crippen LogP contribution in [0.15, 0.2) is 48.7 Å². The molecule has 0 amide bonds. The van der Waals surface area contributed by atoms with Gasteiger partial charge in [0.15, 0.2) is 0 Å². The highest BCUT2D eigenvalue weighted by Gasteiger charge is 2.29. The van der Waals surface area contributed by atoms with Gasteiger partial charge in [-0.15, -0.1) is 0 Å². The first-order chi connectivity index (χ1) is 20.2. The molecule has 0 bridgehead atoms. The van der Waals surface area contributed by atoms with Gasteiger partial charge in [-0.25, -0.2) is 4.79 Å². The normalized spacial score (nSPS) is 12.2. The van der Waals surface area contributed by atoms with Crippen molar-refractivity contribution in [3.05, 3.63) is 54.3 Å². The summed E-state index contributed by atoms with van der Waals surface area (Å²) in [5.41, 5.74) is 1.01. The first kappa shape index (κ1) is 35.1. The average Bonchev–Trinajstić information content (AvgIpc) is 3.31. The predicted molar refractivity (Wildman–Crippen MR) is 165 cm³/mol. The van der Waals surface area contributed by atoms with Crippen LogP contribution in [-0.4, -0.2) is 65.7 Å². The molecular weight excluding hydrogens is 536 g/mol. The molecule has 0 aliphatic heterocycles. The van der Waals surface area contributed by atoms with Gasteiger partial charge in [0.2, 0.25) is 12.7 Å². The van der Waals surface area contributed by atoms with E-state index in [1.165, 1.54) is 62.6 Å². The molecular formula is C33H50N2O7. The Morgan fingerprint density at radius 1 is 0.929 bits per heavy atom. The maximum atomic E-state index is 12.8. The zero-order chi connectivity index (χ0) is 30.8. The molecule has 1 heterocycles. The second-order valence-electron chi connectivity index (χ2n) is 10.8. The maximum Gasteiger partial charge on any atom is 0.421 e. The van der Waals surface area contributed by atoms with Crippen molar-refractivity contribution in [1.29, 1.82) is 0 Å². The minimum Gasteiger partial charge on any atom is -0.497 e. The number of unbranched alkanes of at least 4 members (excludes halogenated alkanes) is 8. The molecule has 0 spiro atoms. The van der Waals surface area contributed by atoms with Crippen molar-refractivity contribution in [1.82, 2.24) is 9.47 Å². The van der Waals surface area contributed by atoms with Gasteiger partial charge in [-0.2, -0.15) is 0 Å². The van der Waals surface area contributed by atoms with E-state index < -0.39 is 24.8 Å². The van der Waals surface area contributed by atoms with Gasteiger partial charge in [0, 0.05) is 24.4 Å². The molecule has 9 nitrogen and oxygen atoms in total. The van der Waals surface area contributed by atoms with E-state index in [0.29, 0.717) is 22.2 Å². The summed E-state index contributed by atoms with van der Waals surface area (Å²) < 4.78 is 16.8. The van der Waals surface area contributed by atoms with Crippen molar-refractivity contribution in [2.24, 2.45) is 0 Å². The SMILES string of the molecule is CCCCC/C=C\C/C=C\CCCCCCCC(=O)OCOC(=O)n1cc(CC(O)(O)N(C)C)c2cc(OC)ccc21. The van der Waals surface area contributed by atoms with Crippen LogP contribution in [0, 0.1) is 0 Å². The van der Waals surface area contributed by atoms with Crippen LogP contribution in [0.2, 0.25) is 0 Å². The lowest BCUT2D eigenvalue weighted by Crippen LogP contribution is -2.45.